The number of benzene rings is 1. The Labute approximate surface area is 87.8 Å². The van der Waals surface area contributed by atoms with Gasteiger partial charge in [-0.05, 0) is 12.1 Å². The molecule has 4 heteroatoms. The molecule has 0 radical (unpaired) electrons. The van der Waals surface area contributed by atoms with Crippen LogP contribution in [-0.2, 0) is 7.05 Å². The molecule has 1 fully saturated rings. The van der Waals surface area contributed by atoms with Gasteiger partial charge >= 0.3 is 0 Å². The molecule has 0 aliphatic carbocycles. The molecule has 0 spiro atoms. The van der Waals surface area contributed by atoms with Crippen molar-refractivity contribution in [2.45, 2.75) is 6.10 Å². The summed E-state index contributed by atoms with van der Waals surface area (Å²) in [5.74, 6) is 0.750. The maximum absolute atomic E-state index is 5.79. The monoisotopic (exact) mass is 203 g/mol. The van der Waals surface area contributed by atoms with E-state index < -0.39 is 0 Å². The molecule has 0 bridgehead atoms. The van der Waals surface area contributed by atoms with Gasteiger partial charge in [-0.1, -0.05) is 12.1 Å². The molecule has 1 aliphatic heterocycles. The van der Waals surface area contributed by atoms with Gasteiger partial charge in [-0.2, -0.15) is 0 Å². The topological polar surface area (TPSA) is 39.1 Å². The number of nitrogens with zero attached hydrogens (tertiary/aromatic N) is 2. The van der Waals surface area contributed by atoms with Crippen LogP contribution in [0.1, 0.15) is 0 Å². The van der Waals surface area contributed by atoms with Crippen LogP contribution in [0.5, 0.6) is 5.88 Å². The van der Waals surface area contributed by atoms with E-state index in [1.807, 2.05) is 36.0 Å². The molecule has 2 aromatic rings. The van der Waals surface area contributed by atoms with Crippen molar-refractivity contribution >= 4 is 10.9 Å². The maximum atomic E-state index is 5.79. The average molecular weight is 203 g/mol. The van der Waals surface area contributed by atoms with Crippen LogP contribution in [0, 0.1) is 0 Å². The lowest BCUT2D eigenvalue weighted by molar-refractivity contribution is 0.137. The highest BCUT2D eigenvalue weighted by Crippen LogP contribution is 2.25. The molecule has 3 rings (SSSR count). The maximum Gasteiger partial charge on any atom is 0.241 e. The molecule has 1 aliphatic rings. The van der Waals surface area contributed by atoms with Crippen molar-refractivity contribution in [1.29, 1.82) is 0 Å². The van der Waals surface area contributed by atoms with Gasteiger partial charge in [-0.25, -0.2) is 0 Å². The zero-order valence-corrected chi connectivity index (χ0v) is 8.60. The van der Waals surface area contributed by atoms with E-state index in [9.17, 15) is 0 Å². The molecule has 1 aromatic heterocycles. The fourth-order valence-corrected chi connectivity index (χ4v) is 1.77. The van der Waals surface area contributed by atoms with Gasteiger partial charge in [0.25, 0.3) is 0 Å². The quantitative estimate of drug-likeness (QED) is 0.789. The fraction of sp³-hybridized carbons (Fsp3) is 0.364. The Hall–Kier alpha value is -1.55. The van der Waals surface area contributed by atoms with Crippen LogP contribution in [-0.4, -0.2) is 29.0 Å². The Balaban J connectivity index is 2.02. The number of ether oxygens (including phenoxy) is 1. The molecule has 15 heavy (non-hydrogen) atoms. The van der Waals surface area contributed by atoms with Crippen LogP contribution in [0.3, 0.4) is 0 Å². The van der Waals surface area contributed by atoms with Gasteiger partial charge in [-0.3, -0.25) is 4.68 Å². The first kappa shape index (κ1) is 8.73. The molecular formula is C11H13N3O. The number of para-hydroxylation sites is 1. The van der Waals surface area contributed by atoms with Crippen LogP contribution in [0.4, 0.5) is 0 Å². The first-order chi connectivity index (χ1) is 7.34. The predicted molar refractivity (Wildman–Crippen MR) is 58.0 cm³/mol. The van der Waals surface area contributed by atoms with Crippen molar-refractivity contribution in [1.82, 2.24) is 15.1 Å². The van der Waals surface area contributed by atoms with Gasteiger partial charge in [-0.15, -0.1) is 5.10 Å². The number of aromatic nitrogens is 2. The number of fused-ring (bicyclic) bond motifs is 1. The van der Waals surface area contributed by atoms with Crippen LogP contribution in [0.2, 0.25) is 0 Å². The third-order valence-electron chi connectivity index (χ3n) is 2.75. The molecule has 2 heterocycles. The van der Waals surface area contributed by atoms with Crippen LogP contribution in [0.25, 0.3) is 10.9 Å². The smallest absolute Gasteiger partial charge is 0.241 e. The van der Waals surface area contributed by atoms with E-state index in [0.29, 0.717) is 0 Å². The summed E-state index contributed by atoms with van der Waals surface area (Å²) in [4.78, 5) is 0. The summed E-state index contributed by atoms with van der Waals surface area (Å²) in [6.07, 6.45) is 0.281. The van der Waals surface area contributed by atoms with E-state index in [1.54, 1.807) is 0 Å². The van der Waals surface area contributed by atoms with Crippen LogP contribution >= 0.6 is 0 Å². The normalized spacial score (nSPS) is 16.6. The second kappa shape index (κ2) is 3.24. The van der Waals surface area contributed by atoms with Gasteiger partial charge in [0.15, 0.2) is 0 Å². The summed E-state index contributed by atoms with van der Waals surface area (Å²) in [7, 11) is 1.94. The van der Waals surface area contributed by atoms with E-state index in [-0.39, 0.29) is 6.10 Å². The van der Waals surface area contributed by atoms with Crippen molar-refractivity contribution in [2.75, 3.05) is 13.1 Å². The van der Waals surface area contributed by atoms with Crippen molar-refractivity contribution in [2.24, 2.45) is 7.05 Å². The van der Waals surface area contributed by atoms with E-state index in [2.05, 4.69) is 10.4 Å². The summed E-state index contributed by atoms with van der Waals surface area (Å²) in [5.41, 5.74) is 1.11. The highest BCUT2D eigenvalue weighted by atomic mass is 16.5. The van der Waals surface area contributed by atoms with Crippen LogP contribution in [0.15, 0.2) is 24.3 Å². The summed E-state index contributed by atoms with van der Waals surface area (Å²) >= 11 is 0. The molecule has 78 valence electrons. The minimum Gasteiger partial charge on any atom is -0.470 e. The van der Waals surface area contributed by atoms with Crippen molar-refractivity contribution in [3.05, 3.63) is 24.3 Å². The van der Waals surface area contributed by atoms with Crippen molar-refractivity contribution < 1.29 is 4.74 Å². The van der Waals surface area contributed by atoms with Gasteiger partial charge in [0, 0.05) is 20.1 Å². The number of rotatable bonds is 2. The first-order valence-corrected chi connectivity index (χ1v) is 5.14. The Kier molecular flexibility index (Phi) is 1.89. The number of aryl methyl sites for hydroxylation is 1. The van der Waals surface area contributed by atoms with E-state index in [0.717, 1.165) is 29.9 Å². The summed E-state index contributed by atoms with van der Waals surface area (Å²) < 4.78 is 7.65. The molecule has 1 saturated heterocycles. The standard InChI is InChI=1S/C11H13N3O/c1-14-10-5-3-2-4-9(10)11(13-14)15-8-6-12-7-8/h2-5,8,12H,6-7H2,1H3. The minimum absolute atomic E-state index is 0.281. The van der Waals surface area contributed by atoms with Gasteiger partial charge in [0.2, 0.25) is 5.88 Å². The third kappa shape index (κ3) is 1.37. The minimum atomic E-state index is 0.281. The van der Waals surface area contributed by atoms with E-state index >= 15 is 0 Å². The second-order valence-corrected chi connectivity index (χ2v) is 3.84. The fourth-order valence-electron chi connectivity index (χ4n) is 1.77. The largest absolute Gasteiger partial charge is 0.470 e. The molecule has 0 saturated carbocycles. The number of hydrogen-bond acceptors (Lipinski definition) is 3. The molecule has 0 unspecified atom stereocenters. The lowest BCUT2D eigenvalue weighted by Gasteiger charge is -2.26. The van der Waals surface area contributed by atoms with E-state index in [4.69, 9.17) is 4.74 Å². The second-order valence-electron chi connectivity index (χ2n) is 3.84. The zero-order chi connectivity index (χ0) is 10.3. The molecule has 0 amide bonds. The Bertz CT molecular complexity index is 488. The van der Waals surface area contributed by atoms with Gasteiger partial charge in [0.05, 0.1) is 10.9 Å². The Morgan fingerprint density at radius 1 is 1.40 bits per heavy atom. The molecule has 1 aromatic carbocycles. The van der Waals surface area contributed by atoms with Gasteiger partial charge < -0.3 is 10.1 Å². The SMILES string of the molecule is Cn1nc(OC2CNC2)c2ccccc21. The highest BCUT2D eigenvalue weighted by molar-refractivity contribution is 5.84. The lowest BCUT2D eigenvalue weighted by Crippen LogP contribution is -2.50. The zero-order valence-electron chi connectivity index (χ0n) is 8.60. The summed E-state index contributed by atoms with van der Waals surface area (Å²) in [5, 5.41) is 8.64. The first-order valence-electron chi connectivity index (χ1n) is 5.14. The van der Waals surface area contributed by atoms with Crippen molar-refractivity contribution in [3.63, 3.8) is 0 Å². The summed E-state index contributed by atoms with van der Waals surface area (Å²) in [6.45, 7) is 1.84. The van der Waals surface area contributed by atoms with Crippen LogP contribution < -0.4 is 10.1 Å². The highest BCUT2D eigenvalue weighted by Gasteiger charge is 2.21. The van der Waals surface area contributed by atoms with E-state index in [1.165, 1.54) is 0 Å². The number of nitrogens with one attached hydrogen (secondary N) is 1. The Morgan fingerprint density at radius 2 is 2.20 bits per heavy atom. The summed E-state index contributed by atoms with van der Waals surface area (Å²) in [6, 6.07) is 8.12. The molecule has 0 atom stereocenters. The number of hydrogen-bond donors (Lipinski definition) is 1. The molecule has 1 N–H and O–H groups in total. The predicted octanol–water partition coefficient (Wildman–Crippen LogP) is 0.924. The van der Waals surface area contributed by atoms with Gasteiger partial charge in [0.1, 0.15) is 6.10 Å². The lowest BCUT2D eigenvalue weighted by atomic mass is 10.2. The Morgan fingerprint density at radius 3 is 2.93 bits per heavy atom. The molecular weight excluding hydrogens is 190 g/mol. The molecule has 4 nitrogen and oxygen atoms in total. The average Bonchev–Trinajstić information content (AvgIpc) is 2.51. The van der Waals surface area contributed by atoms with Crippen molar-refractivity contribution in [3.8, 4) is 5.88 Å². The third-order valence-corrected chi connectivity index (χ3v) is 2.75.